The van der Waals surface area contributed by atoms with Crippen LogP contribution in [0.5, 0.6) is 5.75 Å². The lowest BCUT2D eigenvalue weighted by atomic mass is 10.3. The van der Waals surface area contributed by atoms with Gasteiger partial charge in [-0.05, 0) is 19.1 Å². The summed E-state index contributed by atoms with van der Waals surface area (Å²) in [6.07, 6.45) is 0.793. The molecule has 1 amide bonds. The lowest BCUT2D eigenvalue weighted by molar-refractivity contribution is 0.0916. The van der Waals surface area contributed by atoms with Crippen molar-refractivity contribution in [3.05, 3.63) is 24.0 Å². The molecule has 5 nitrogen and oxygen atoms in total. The summed E-state index contributed by atoms with van der Waals surface area (Å²) in [5.74, 6) is -0.667. The van der Waals surface area contributed by atoms with Crippen LogP contribution < -0.4 is 5.32 Å². The predicted molar refractivity (Wildman–Crippen MR) is 49.9 cm³/mol. The Bertz CT molecular complexity index is 326. The molecule has 3 N–H and O–H groups in total. The molecule has 0 aliphatic heterocycles. The molecule has 1 atom stereocenters. The minimum Gasteiger partial charge on any atom is -0.505 e. The fourth-order valence-corrected chi connectivity index (χ4v) is 0.896. The van der Waals surface area contributed by atoms with E-state index in [1.807, 2.05) is 0 Å². The molecule has 14 heavy (non-hydrogen) atoms. The summed E-state index contributed by atoms with van der Waals surface area (Å²) in [6, 6.07) is 2.91. The van der Waals surface area contributed by atoms with Crippen molar-refractivity contribution in [2.45, 2.75) is 13.0 Å². The highest BCUT2D eigenvalue weighted by Crippen LogP contribution is 2.11. The Morgan fingerprint density at radius 2 is 2.43 bits per heavy atom. The standard InChI is InChI=1S/C9H12N2O3/c1-6(12)5-11-9(14)8-7(13)3-2-4-10-8/h2-4,6,12-13H,5H2,1H3,(H,11,14)/t6-/m1/s1. The summed E-state index contributed by atoms with van der Waals surface area (Å²) in [5, 5.41) is 20.6. The lowest BCUT2D eigenvalue weighted by Crippen LogP contribution is -2.31. The van der Waals surface area contributed by atoms with Crippen LogP contribution in [-0.4, -0.2) is 33.8 Å². The van der Waals surface area contributed by atoms with Crippen LogP contribution in [0.25, 0.3) is 0 Å². The summed E-state index contributed by atoms with van der Waals surface area (Å²) < 4.78 is 0. The second kappa shape index (κ2) is 4.57. The van der Waals surface area contributed by atoms with Crippen LogP contribution in [0.1, 0.15) is 17.4 Å². The molecular weight excluding hydrogens is 184 g/mol. The largest absolute Gasteiger partial charge is 0.505 e. The summed E-state index contributed by atoms with van der Waals surface area (Å²) in [6.45, 7) is 1.69. The van der Waals surface area contributed by atoms with E-state index in [1.54, 1.807) is 6.92 Å². The van der Waals surface area contributed by atoms with Crippen molar-refractivity contribution < 1.29 is 15.0 Å². The van der Waals surface area contributed by atoms with Gasteiger partial charge in [-0.3, -0.25) is 4.79 Å². The van der Waals surface area contributed by atoms with Gasteiger partial charge in [-0.2, -0.15) is 0 Å². The van der Waals surface area contributed by atoms with E-state index in [1.165, 1.54) is 18.3 Å². The first-order chi connectivity index (χ1) is 6.61. The van der Waals surface area contributed by atoms with Gasteiger partial charge in [0.2, 0.25) is 0 Å². The van der Waals surface area contributed by atoms with Crippen molar-refractivity contribution in [1.29, 1.82) is 0 Å². The van der Waals surface area contributed by atoms with Gasteiger partial charge in [0.1, 0.15) is 5.75 Å². The monoisotopic (exact) mass is 196 g/mol. The molecule has 76 valence electrons. The number of pyridine rings is 1. The number of hydrogen-bond donors (Lipinski definition) is 3. The Labute approximate surface area is 81.4 Å². The van der Waals surface area contributed by atoms with Crippen LogP contribution in [0.15, 0.2) is 18.3 Å². The molecule has 5 heteroatoms. The van der Waals surface area contributed by atoms with Gasteiger partial charge in [-0.25, -0.2) is 4.98 Å². The first-order valence-corrected chi connectivity index (χ1v) is 4.21. The molecule has 0 fully saturated rings. The average molecular weight is 196 g/mol. The Morgan fingerprint density at radius 3 is 3.00 bits per heavy atom. The van der Waals surface area contributed by atoms with Crippen molar-refractivity contribution in [2.24, 2.45) is 0 Å². The van der Waals surface area contributed by atoms with Gasteiger partial charge < -0.3 is 15.5 Å². The smallest absolute Gasteiger partial charge is 0.273 e. The topological polar surface area (TPSA) is 82.5 Å². The van der Waals surface area contributed by atoms with Gasteiger partial charge in [0.05, 0.1) is 6.10 Å². The first kappa shape index (κ1) is 10.5. The lowest BCUT2D eigenvalue weighted by Gasteiger charge is -2.06. The minimum atomic E-state index is -0.621. The molecule has 0 aromatic carbocycles. The summed E-state index contributed by atoms with van der Waals surface area (Å²) in [7, 11) is 0. The normalized spacial score (nSPS) is 12.1. The zero-order chi connectivity index (χ0) is 10.6. The summed E-state index contributed by atoms with van der Waals surface area (Å²) >= 11 is 0. The van der Waals surface area contributed by atoms with Gasteiger partial charge in [-0.1, -0.05) is 0 Å². The van der Waals surface area contributed by atoms with Gasteiger partial charge in [-0.15, -0.1) is 0 Å². The number of carbonyl (C=O) groups is 1. The zero-order valence-corrected chi connectivity index (χ0v) is 7.77. The van der Waals surface area contributed by atoms with Crippen LogP contribution in [0, 0.1) is 0 Å². The van der Waals surface area contributed by atoms with Crippen LogP contribution >= 0.6 is 0 Å². The van der Waals surface area contributed by atoms with Gasteiger partial charge in [0.25, 0.3) is 5.91 Å². The van der Waals surface area contributed by atoms with Gasteiger partial charge in [0.15, 0.2) is 5.69 Å². The maximum atomic E-state index is 11.3. The molecule has 0 aliphatic rings. The molecule has 1 aromatic heterocycles. The molecule has 0 unspecified atom stereocenters. The number of carbonyl (C=O) groups excluding carboxylic acids is 1. The van der Waals surface area contributed by atoms with Crippen molar-refractivity contribution in [2.75, 3.05) is 6.54 Å². The second-order valence-electron chi connectivity index (χ2n) is 2.93. The molecule has 0 radical (unpaired) electrons. The number of nitrogens with zero attached hydrogens (tertiary/aromatic N) is 1. The van der Waals surface area contributed by atoms with Crippen molar-refractivity contribution >= 4 is 5.91 Å². The maximum absolute atomic E-state index is 11.3. The highest BCUT2D eigenvalue weighted by atomic mass is 16.3. The third-order valence-electron chi connectivity index (χ3n) is 1.56. The van der Waals surface area contributed by atoms with Crippen molar-refractivity contribution in [3.8, 4) is 5.75 Å². The van der Waals surface area contributed by atoms with Crippen LogP contribution in [0.2, 0.25) is 0 Å². The maximum Gasteiger partial charge on any atom is 0.273 e. The summed E-state index contributed by atoms with van der Waals surface area (Å²) in [4.78, 5) is 15.0. The van der Waals surface area contributed by atoms with E-state index in [0.717, 1.165) is 0 Å². The molecule has 1 aromatic rings. The van der Waals surface area contributed by atoms with E-state index < -0.39 is 12.0 Å². The quantitative estimate of drug-likeness (QED) is 0.630. The number of aliphatic hydroxyl groups is 1. The van der Waals surface area contributed by atoms with E-state index in [9.17, 15) is 9.90 Å². The van der Waals surface area contributed by atoms with E-state index in [4.69, 9.17) is 5.11 Å². The molecule has 0 aliphatic carbocycles. The van der Waals surface area contributed by atoms with E-state index in [2.05, 4.69) is 10.3 Å². The minimum absolute atomic E-state index is 0.0341. The number of aliphatic hydroxyl groups excluding tert-OH is 1. The highest BCUT2D eigenvalue weighted by molar-refractivity contribution is 5.94. The molecule has 1 heterocycles. The molecule has 0 saturated carbocycles. The Morgan fingerprint density at radius 1 is 1.71 bits per heavy atom. The number of hydrogen-bond acceptors (Lipinski definition) is 4. The summed E-state index contributed by atoms with van der Waals surface area (Å²) in [5.41, 5.74) is -0.0341. The number of nitrogens with one attached hydrogen (secondary N) is 1. The second-order valence-corrected chi connectivity index (χ2v) is 2.93. The number of aromatic nitrogens is 1. The fraction of sp³-hybridized carbons (Fsp3) is 0.333. The Hall–Kier alpha value is -1.62. The number of amides is 1. The van der Waals surface area contributed by atoms with E-state index in [0.29, 0.717) is 0 Å². The molecule has 0 saturated heterocycles. The third kappa shape index (κ3) is 2.70. The van der Waals surface area contributed by atoms with E-state index in [-0.39, 0.29) is 18.0 Å². The molecule has 0 spiro atoms. The van der Waals surface area contributed by atoms with Gasteiger partial charge >= 0.3 is 0 Å². The van der Waals surface area contributed by atoms with Crippen molar-refractivity contribution in [3.63, 3.8) is 0 Å². The van der Waals surface area contributed by atoms with Crippen LogP contribution in [0.3, 0.4) is 0 Å². The average Bonchev–Trinajstić information content (AvgIpc) is 2.15. The number of rotatable bonds is 3. The highest BCUT2D eigenvalue weighted by Gasteiger charge is 2.11. The first-order valence-electron chi connectivity index (χ1n) is 4.21. The Balaban J connectivity index is 2.65. The fourth-order valence-electron chi connectivity index (χ4n) is 0.896. The SMILES string of the molecule is C[C@@H](O)CNC(=O)c1ncccc1O. The molecule has 1 rings (SSSR count). The molecule has 0 bridgehead atoms. The Kier molecular flexibility index (Phi) is 3.41. The third-order valence-corrected chi connectivity index (χ3v) is 1.56. The van der Waals surface area contributed by atoms with Crippen molar-refractivity contribution in [1.82, 2.24) is 10.3 Å². The van der Waals surface area contributed by atoms with Gasteiger partial charge in [0, 0.05) is 12.7 Å². The zero-order valence-electron chi connectivity index (χ0n) is 7.77. The van der Waals surface area contributed by atoms with E-state index >= 15 is 0 Å². The molecular formula is C9H12N2O3. The van der Waals surface area contributed by atoms with Crippen LogP contribution in [-0.2, 0) is 0 Å². The van der Waals surface area contributed by atoms with Crippen LogP contribution in [0.4, 0.5) is 0 Å². The number of aromatic hydroxyl groups is 1. The predicted octanol–water partition coefficient (Wildman–Crippen LogP) is -0.102.